The molecule has 0 saturated carbocycles. The van der Waals surface area contributed by atoms with E-state index in [0.717, 1.165) is 18.2 Å². The maximum atomic E-state index is 12.6. The van der Waals surface area contributed by atoms with Crippen LogP contribution in [0.25, 0.3) is 0 Å². The Balaban J connectivity index is 2.59. The van der Waals surface area contributed by atoms with Gasteiger partial charge >= 0.3 is 16.2 Å². The van der Waals surface area contributed by atoms with Crippen LogP contribution in [0.2, 0.25) is 0 Å². The second-order valence-corrected chi connectivity index (χ2v) is 8.47. The van der Waals surface area contributed by atoms with Crippen LogP contribution < -0.4 is 9.92 Å². The number of carboxylic acid groups (broad SMARTS) is 1. The number of nitro groups is 1. The predicted octanol–water partition coefficient (Wildman–Crippen LogP) is 3.28. The van der Waals surface area contributed by atoms with Crippen LogP contribution in [0.5, 0.6) is 5.75 Å². The lowest BCUT2D eigenvalue weighted by molar-refractivity contribution is -0.386. The number of para-hydroxylation sites is 1. The Labute approximate surface area is 178 Å². The molecule has 3 N–H and O–H groups in total. The smallest absolute Gasteiger partial charge is 0.414 e. The molecule has 0 fully saturated rings. The first-order valence-electron chi connectivity index (χ1n) is 8.55. The third-order valence-corrected chi connectivity index (χ3v) is 5.55. The summed E-state index contributed by atoms with van der Waals surface area (Å²) in [5.74, 6) is -0.431. The van der Waals surface area contributed by atoms with Gasteiger partial charge in [-0.3, -0.25) is 10.1 Å². The van der Waals surface area contributed by atoms with Gasteiger partial charge in [-0.05, 0) is 42.4 Å². The van der Waals surface area contributed by atoms with Crippen molar-refractivity contribution in [2.75, 3.05) is 0 Å². The lowest BCUT2D eigenvalue weighted by atomic mass is 9.93. The number of amides is 1. The van der Waals surface area contributed by atoms with Crippen molar-refractivity contribution >= 4 is 39.2 Å². The Morgan fingerprint density at radius 2 is 1.83 bits per heavy atom. The zero-order valence-corrected chi connectivity index (χ0v) is 17.6. The first kappa shape index (κ1) is 23.0. The molecule has 0 bridgehead atoms. The van der Waals surface area contributed by atoms with Crippen molar-refractivity contribution in [1.29, 1.82) is 0 Å². The zero-order chi connectivity index (χ0) is 22.6. The maximum absolute atomic E-state index is 12.6. The van der Waals surface area contributed by atoms with Crippen LogP contribution in [0.3, 0.4) is 0 Å². The predicted molar refractivity (Wildman–Crippen MR) is 112 cm³/mol. The van der Waals surface area contributed by atoms with E-state index in [9.17, 15) is 28.4 Å². The number of rotatable bonds is 7. The summed E-state index contributed by atoms with van der Waals surface area (Å²) < 4.78 is 30.1. The molecule has 1 atom stereocenters. The monoisotopic (exact) mass is 453 g/mol. The molecule has 2 rings (SSSR count). The molecule has 0 heterocycles. The minimum atomic E-state index is -4.37. The standard InChI is InChI=1S/C18H19N3O7S2/c1-11(2)16(20(17(19)29)18(22)23)14-9-8-13(10-15(14)21(24)25)30(26,27)28-12-6-4-3-5-7-12/h3-11,16H,1-2H3,(H2,19,29)(H,22,23). The molecule has 0 aliphatic carbocycles. The van der Waals surface area contributed by atoms with Crippen molar-refractivity contribution in [3.8, 4) is 5.75 Å². The number of nitrogens with two attached hydrogens (primary N) is 1. The third kappa shape index (κ3) is 5.02. The molecule has 0 saturated heterocycles. The van der Waals surface area contributed by atoms with E-state index in [2.05, 4.69) is 0 Å². The lowest BCUT2D eigenvalue weighted by Crippen LogP contribution is -2.44. The second kappa shape index (κ2) is 9.05. The quantitative estimate of drug-likeness (QED) is 0.278. The zero-order valence-electron chi connectivity index (χ0n) is 16.0. The molecule has 0 aromatic heterocycles. The molecule has 1 unspecified atom stereocenters. The van der Waals surface area contributed by atoms with Gasteiger partial charge < -0.3 is 15.0 Å². The molecule has 12 heteroatoms. The summed E-state index contributed by atoms with van der Waals surface area (Å²) in [6, 6.07) is 9.63. The van der Waals surface area contributed by atoms with Crippen LogP contribution in [-0.2, 0) is 10.1 Å². The Kier molecular flexibility index (Phi) is 6.95. The van der Waals surface area contributed by atoms with Crippen LogP contribution in [0, 0.1) is 16.0 Å². The molecule has 2 aromatic rings. The van der Waals surface area contributed by atoms with Gasteiger partial charge in [-0.1, -0.05) is 32.0 Å². The van der Waals surface area contributed by atoms with Gasteiger partial charge in [-0.2, -0.15) is 8.42 Å². The van der Waals surface area contributed by atoms with Crippen LogP contribution in [0.15, 0.2) is 53.4 Å². The minimum absolute atomic E-state index is 0.0369. The maximum Gasteiger partial charge on any atom is 0.414 e. The van der Waals surface area contributed by atoms with E-state index in [-0.39, 0.29) is 11.3 Å². The second-order valence-electron chi connectivity index (χ2n) is 6.51. The minimum Gasteiger partial charge on any atom is -0.465 e. The number of nitrogens with zero attached hydrogens (tertiary/aromatic N) is 2. The molecule has 1 amide bonds. The highest BCUT2D eigenvalue weighted by atomic mass is 32.2. The molecular weight excluding hydrogens is 434 g/mol. The summed E-state index contributed by atoms with van der Waals surface area (Å²) >= 11 is 4.79. The van der Waals surface area contributed by atoms with Crippen molar-refractivity contribution in [2.24, 2.45) is 11.7 Å². The molecule has 0 spiro atoms. The Bertz CT molecular complexity index is 1060. The Morgan fingerprint density at radius 1 is 1.23 bits per heavy atom. The van der Waals surface area contributed by atoms with E-state index in [1.807, 2.05) is 0 Å². The number of thiocarbonyl (C=S) groups is 1. The van der Waals surface area contributed by atoms with Crippen LogP contribution in [0.4, 0.5) is 10.5 Å². The molecule has 0 radical (unpaired) electrons. The summed E-state index contributed by atoms with van der Waals surface area (Å²) in [5.41, 5.74) is 4.86. The van der Waals surface area contributed by atoms with Crippen molar-refractivity contribution < 1.29 is 27.4 Å². The number of carbonyl (C=O) groups is 1. The summed E-state index contributed by atoms with van der Waals surface area (Å²) in [6.45, 7) is 3.26. The highest BCUT2D eigenvalue weighted by Crippen LogP contribution is 2.36. The number of benzene rings is 2. The van der Waals surface area contributed by atoms with Crippen LogP contribution in [-0.4, -0.2) is 34.6 Å². The van der Waals surface area contributed by atoms with Gasteiger partial charge in [0.05, 0.1) is 16.5 Å². The SMILES string of the molecule is CC(C)C(c1ccc(S(=O)(=O)Oc2ccccc2)cc1[N+](=O)[O-])N(C(=O)O)C(N)=S. The third-order valence-electron chi connectivity index (χ3n) is 4.11. The molecule has 160 valence electrons. The van der Waals surface area contributed by atoms with Gasteiger partial charge in [0.15, 0.2) is 5.11 Å². The molecular formula is C18H19N3O7S2. The normalized spacial score (nSPS) is 12.2. The first-order valence-corrected chi connectivity index (χ1v) is 10.4. The summed E-state index contributed by atoms with van der Waals surface area (Å²) in [6.07, 6.45) is -1.49. The van der Waals surface area contributed by atoms with Gasteiger partial charge in [0.25, 0.3) is 5.69 Å². The number of hydrogen-bond donors (Lipinski definition) is 2. The van der Waals surface area contributed by atoms with Crippen LogP contribution in [0.1, 0.15) is 25.5 Å². The number of hydrogen-bond acceptors (Lipinski definition) is 7. The Morgan fingerprint density at radius 3 is 2.30 bits per heavy atom. The van der Waals surface area contributed by atoms with Gasteiger partial charge in [-0.25, -0.2) is 9.69 Å². The average Bonchev–Trinajstić information content (AvgIpc) is 2.65. The van der Waals surface area contributed by atoms with Crippen molar-refractivity contribution in [3.05, 3.63) is 64.2 Å². The summed E-state index contributed by atoms with van der Waals surface area (Å²) in [4.78, 5) is 22.7. The van der Waals surface area contributed by atoms with E-state index in [0.29, 0.717) is 4.90 Å². The van der Waals surface area contributed by atoms with Crippen molar-refractivity contribution in [1.82, 2.24) is 4.90 Å². The van der Waals surface area contributed by atoms with Crippen molar-refractivity contribution in [2.45, 2.75) is 24.8 Å². The van der Waals surface area contributed by atoms with E-state index in [1.54, 1.807) is 32.0 Å². The largest absolute Gasteiger partial charge is 0.465 e. The first-order chi connectivity index (χ1) is 14.0. The number of nitro benzene ring substituents is 1. The molecule has 0 aliphatic heterocycles. The fraction of sp³-hybridized carbons (Fsp3) is 0.222. The van der Waals surface area contributed by atoms with E-state index in [1.165, 1.54) is 12.1 Å². The van der Waals surface area contributed by atoms with E-state index >= 15 is 0 Å². The summed E-state index contributed by atoms with van der Waals surface area (Å²) in [5, 5.41) is 20.7. The summed E-state index contributed by atoms with van der Waals surface area (Å²) in [7, 11) is -4.37. The van der Waals surface area contributed by atoms with Crippen LogP contribution >= 0.6 is 12.2 Å². The molecule has 2 aromatic carbocycles. The fourth-order valence-electron chi connectivity index (χ4n) is 2.88. The molecule has 10 nitrogen and oxygen atoms in total. The molecule has 30 heavy (non-hydrogen) atoms. The highest BCUT2D eigenvalue weighted by molar-refractivity contribution is 7.87. The molecule has 0 aliphatic rings. The van der Waals surface area contributed by atoms with E-state index in [4.69, 9.17) is 22.1 Å². The fourth-order valence-corrected chi connectivity index (χ4v) is 4.03. The highest BCUT2D eigenvalue weighted by Gasteiger charge is 2.35. The van der Waals surface area contributed by atoms with Gasteiger partial charge in [-0.15, -0.1) is 0 Å². The van der Waals surface area contributed by atoms with Gasteiger partial charge in [0.2, 0.25) is 0 Å². The Hall–Kier alpha value is -3.25. The van der Waals surface area contributed by atoms with Gasteiger partial charge in [0.1, 0.15) is 10.6 Å². The van der Waals surface area contributed by atoms with Gasteiger partial charge in [0, 0.05) is 6.07 Å². The van der Waals surface area contributed by atoms with E-state index < -0.39 is 48.8 Å². The van der Waals surface area contributed by atoms with Crippen molar-refractivity contribution in [3.63, 3.8) is 0 Å². The average molecular weight is 453 g/mol. The topological polar surface area (TPSA) is 153 Å². The lowest BCUT2D eigenvalue weighted by Gasteiger charge is -2.31.